The minimum atomic E-state index is -2.85. The molecular weight excluding hydrogens is 226 g/mol. The van der Waals surface area contributed by atoms with Crippen molar-refractivity contribution < 1.29 is 13.2 Å². The van der Waals surface area contributed by atoms with E-state index in [1.165, 1.54) is 0 Å². The van der Waals surface area contributed by atoms with Gasteiger partial charge in [0.2, 0.25) is 0 Å². The fraction of sp³-hybridized carbons (Fsp3) is 1.00. The summed E-state index contributed by atoms with van der Waals surface area (Å²) in [5, 5.41) is 0. The molecule has 0 aromatic carbocycles. The second-order valence-corrected chi connectivity index (χ2v) is 7.14. The van der Waals surface area contributed by atoms with E-state index in [-0.39, 0.29) is 23.0 Å². The van der Waals surface area contributed by atoms with Crippen molar-refractivity contribution in [1.82, 2.24) is 0 Å². The van der Waals surface area contributed by atoms with Gasteiger partial charge in [-0.1, -0.05) is 6.92 Å². The average molecular weight is 249 g/mol. The number of sulfone groups is 1. The molecule has 4 nitrogen and oxygen atoms in total. The molecule has 0 saturated carbocycles. The molecule has 0 aliphatic carbocycles. The Bertz CT molecular complexity index is 315. The zero-order chi connectivity index (χ0) is 12.2. The summed E-state index contributed by atoms with van der Waals surface area (Å²) in [4.78, 5) is 0. The first-order valence-corrected chi connectivity index (χ1v) is 7.80. The normalized spacial score (nSPS) is 30.8. The van der Waals surface area contributed by atoms with E-state index < -0.39 is 9.84 Å². The van der Waals surface area contributed by atoms with Crippen molar-refractivity contribution in [2.75, 3.05) is 24.7 Å². The molecule has 2 unspecified atom stereocenters. The summed E-state index contributed by atoms with van der Waals surface area (Å²) in [6, 6.07) is 0. The van der Waals surface area contributed by atoms with Crippen LogP contribution in [0.15, 0.2) is 0 Å². The lowest BCUT2D eigenvalue weighted by molar-refractivity contribution is 0.0627. The molecule has 2 N–H and O–H groups in total. The Morgan fingerprint density at radius 1 is 1.50 bits per heavy atom. The molecule has 0 spiro atoms. The largest absolute Gasteiger partial charge is 0.378 e. The van der Waals surface area contributed by atoms with Crippen LogP contribution in [0.1, 0.15) is 33.1 Å². The van der Waals surface area contributed by atoms with Gasteiger partial charge in [0.15, 0.2) is 0 Å². The number of nitrogens with two attached hydrogens (primary N) is 1. The third-order valence-electron chi connectivity index (χ3n) is 3.81. The maximum atomic E-state index is 11.4. The topological polar surface area (TPSA) is 69.4 Å². The third kappa shape index (κ3) is 3.18. The van der Waals surface area contributed by atoms with Crippen LogP contribution in [0, 0.1) is 5.41 Å². The van der Waals surface area contributed by atoms with Crippen molar-refractivity contribution in [2.24, 2.45) is 11.1 Å². The second-order valence-electron chi connectivity index (χ2n) is 4.67. The summed E-state index contributed by atoms with van der Waals surface area (Å²) in [7, 11) is -2.85. The summed E-state index contributed by atoms with van der Waals surface area (Å²) >= 11 is 0. The maximum Gasteiger partial charge on any atom is 0.150 e. The first-order valence-electron chi connectivity index (χ1n) is 5.98. The molecule has 0 amide bonds. The molecule has 2 atom stereocenters. The van der Waals surface area contributed by atoms with Crippen LogP contribution in [0.25, 0.3) is 0 Å². The summed E-state index contributed by atoms with van der Waals surface area (Å²) < 4.78 is 28.3. The molecule has 5 heteroatoms. The SMILES string of the molecule is CCS(=O)(=O)CCCC1(CN)CCOC1C. The lowest BCUT2D eigenvalue weighted by atomic mass is 9.78. The Morgan fingerprint density at radius 2 is 2.19 bits per heavy atom. The van der Waals surface area contributed by atoms with Gasteiger partial charge < -0.3 is 10.5 Å². The summed E-state index contributed by atoms with van der Waals surface area (Å²) in [6.45, 7) is 5.06. The van der Waals surface area contributed by atoms with Crippen molar-refractivity contribution in [3.8, 4) is 0 Å². The predicted octanol–water partition coefficient (Wildman–Crippen LogP) is 0.955. The Kier molecular flexibility index (Phi) is 4.76. The molecule has 1 saturated heterocycles. The standard InChI is InChI=1S/C11H23NO3S/c1-3-16(13,14)8-4-5-11(9-12)6-7-15-10(11)2/h10H,3-9,12H2,1-2H3. The minimum absolute atomic E-state index is 0.00324. The van der Waals surface area contributed by atoms with Crippen LogP contribution < -0.4 is 5.73 Å². The van der Waals surface area contributed by atoms with Crippen LogP contribution in [-0.4, -0.2) is 39.2 Å². The van der Waals surface area contributed by atoms with E-state index in [1.807, 2.05) is 6.92 Å². The first-order chi connectivity index (χ1) is 7.46. The monoisotopic (exact) mass is 249 g/mol. The Balaban J connectivity index is 2.47. The smallest absolute Gasteiger partial charge is 0.150 e. The lowest BCUT2D eigenvalue weighted by Crippen LogP contribution is -2.37. The van der Waals surface area contributed by atoms with Gasteiger partial charge in [-0.25, -0.2) is 8.42 Å². The lowest BCUT2D eigenvalue weighted by Gasteiger charge is -2.30. The van der Waals surface area contributed by atoms with E-state index in [4.69, 9.17) is 10.5 Å². The van der Waals surface area contributed by atoms with Crippen molar-refractivity contribution in [2.45, 2.75) is 39.2 Å². The highest BCUT2D eigenvalue weighted by Crippen LogP contribution is 2.38. The predicted molar refractivity (Wildman–Crippen MR) is 65.1 cm³/mol. The molecule has 96 valence electrons. The third-order valence-corrected chi connectivity index (χ3v) is 5.60. The quantitative estimate of drug-likeness (QED) is 0.761. The average Bonchev–Trinajstić information content (AvgIpc) is 2.61. The molecule has 0 bridgehead atoms. The maximum absolute atomic E-state index is 11.4. The number of hydrogen-bond donors (Lipinski definition) is 1. The van der Waals surface area contributed by atoms with E-state index in [1.54, 1.807) is 6.92 Å². The molecule has 1 fully saturated rings. The summed E-state index contributed by atoms with van der Waals surface area (Å²) in [5.74, 6) is 0.507. The highest BCUT2D eigenvalue weighted by molar-refractivity contribution is 7.91. The van der Waals surface area contributed by atoms with Crippen molar-refractivity contribution in [3.63, 3.8) is 0 Å². The highest BCUT2D eigenvalue weighted by atomic mass is 32.2. The van der Waals surface area contributed by atoms with Gasteiger partial charge in [-0.05, 0) is 26.2 Å². The van der Waals surface area contributed by atoms with Gasteiger partial charge in [0, 0.05) is 24.3 Å². The van der Waals surface area contributed by atoms with Gasteiger partial charge in [-0.15, -0.1) is 0 Å². The van der Waals surface area contributed by atoms with Crippen LogP contribution in [-0.2, 0) is 14.6 Å². The van der Waals surface area contributed by atoms with E-state index in [0.717, 1.165) is 19.4 Å². The zero-order valence-corrected chi connectivity index (χ0v) is 11.1. The molecule has 1 aliphatic rings. The van der Waals surface area contributed by atoms with Crippen LogP contribution in [0.3, 0.4) is 0 Å². The van der Waals surface area contributed by atoms with E-state index >= 15 is 0 Å². The summed E-state index contributed by atoms with van der Waals surface area (Å²) in [5.41, 5.74) is 5.82. The number of rotatable bonds is 6. The van der Waals surface area contributed by atoms with Gasteiger partial charge in [-0.2, -0.15) is 0 Å². The van der Waals surface area contributed by atoms with Crippen LogP contribution >= 0.6 is 0 Å². The Labute approximate surface area is 98.5 Å². The van der Waals surface area contributed by atoms with Gasteiger partial charge in [0.05, 0.1) is 11.9 Å². The van der Waals surface area contributed by atoms with E-state index in [9.17, 15) is 8.42 Å². The van der Waals surface area contributed by atoms with Crippen molar-refractivity contribution in [3.05, 3.63) is 0 Å². The molecule has 16 heavy (non-hydrogen) atoms. The Morgan fingerprint density at radius 3 is 2.62 bits per heavy atom. The minimum Gasteiger partial charge on any atom is -0.378 e. The molecular formula is C11H23NO3S. The second kappa shape index (κ2) is 5.47. The highest BCUT2D eigenvalue weighted by Gasteiger charge is 2.39. The number of hydrogen-bond acceptors (Lipinski definition) is 4. The molecule has 0 aromatic heterocycles. The molecule has 1 heterocycles. The summed E-state index contributed by atoms with van der Waals surface area (Å²) in [6.07, 6.45) is 2.66. The number of ether oxygens (including phenoxy) is 1. The van der Waals surface area contributed by atoms with E-state index in [0.29, 0.717) is 13.0 Å². The molecule has 1 aliphatic heterocycles. The van der Waals surface area contributed by atoms with Crippen LogP contribution in [0.2, 0.25) is 0 Å². The van der Waals surface area contributed by atoms with Crippen molar-refractivity contribution >= 4 is 9.84 Å². The molecule has 1 rings (SSSR count). The molecule has 0 aromatic rings. The zero-order valence-electron chi connectivity index (χ0n) is 10.2. The van der Waals surface area contributed by atoms with Gasteiger partial charge in [-0.3, -0.25) is 0 Å². The molecule has 0 radical (unpaired) electrons. The van der Waals surface area contributed by atoms with Gasteiger partial charge >= 0.3 is 0 Å². The Hall–Kier alpha value is -0.130. The van der Waals surface area contributed by atoms with E-state index in [2.05, 4.69) is 0 Å². The van der Waals surface area contributed by atoms with Gasteiger partial charge in [0.25, 0.3) is 0 Å². The fourth-order valence-corrected chi connectivity index (χ4v) is 3.18. The van der Waals surface area contributed by atoms with Crippen LogP contribution in [0.5, 0.6) is 0 Å². The van der Waals surface area contributed by atoms with Crippen LogP contribution in [0.4, 0.5) is 0 Å². The van der Waals surface area contributed by atoms with Crippen molar-refractivity contribution in [1.29, 1.82) is 0 Å². The fourth-order valence-electron chi connectivity index (χ4n) is 2.31. The first kappa shape index (κ1) is 13.9. The van der Waals surface area contributed by atoms with Gasteiger partial charge in [0.1, 0.15) is 9.84 Å².